The molecule has 0 bridgehead atoms. The summed E-state index contributed by atoms with van der Waals surface area (Å²) in [5, 5.41) is 0. The first-order valence-corrected chi connectivity index (χ1v) is 10.6. The molecule has 4 fully saturated rings. The van der Waals surface area contributed by atoms with Crippen LogP contribution in [0.2, 0.25) is 0 Å². The largest absolute Gasteiger partial charge is 0.373 e. The zero-order valence-corrected chi connectivity index (χ0v) is 16.4. The third-order valence-corrected chi connectivity index (χ3v) is 6.03. The van der Waals surface area contributed by atoms with Crippen LogP contribution in [-0.2, 0) is 36.5 Å². The second-order valence-corrected chi connectivity index (χ2v) is 8.52. The lowest BCUT2D eigenvalue weighted by Gasteiger charge is -2.24. The van der Waals surface area contributed by atoms with Crippen LogP contribution >= 0.6 is 0 Å². The Balaban J connectivity index is 1.18. The topological polar surface area (TPSA) is 59.4 Å². The third-order valence-electron chi connectivity index (χ3n) is 6.03. The van der Waals surface area contributed by atoms with Crippen molar-refractivity contribution < 1.29 is 23.7 Å². The van der Waals surface area contributed by atoms with E-state index in [-0.39, 0.29) is 24.4 Å². The molecule has 4 saturated heterocycles. The standard InChI is InChI=1S/C24H26O5/c1-5-17(6-2-15(1)9-19-11-25-19)23(21-13-27-21)29-24(22-14-28-22)18-7-3-16(4-8-18)10-20-12-26-20/h1-8,19-24H,9-14H2. The molecule has 4 aliphatic rings. The molecule has 0 saturated carbocycles. The van der Waals surface area contributed by atoms with Gasteiger partial charge in [0.2, 0.25) is 0 Å². The summed E-state index contributed by atoms with van der Waals surface area (Å²) in [4.78, 5) is 0. The fourth-order valence-corrected chi connectivity index (χ4v) is 3.96. The molecule has 0 spiro atoms. The Kier molecular flexibility index (Phi) is 4.66. The second kappa shape index (κ2) is 7.49. The molecule has 2 aromatic rings. The van der Waals surface area contributed by atoms with Gasteiger partial charge in [-0.1, -0.05) is 48.5 Å². The summed E-state index contributed by atoms with van der Waals surface area (Å²) in [6.45, 7) is 3.28. The molecule has 4 aliphatic heterocycles. The summed E-state index contributed by atoms with van der Waals surface area (Å²) in [6.07, 6.45) is 2.90. The van der Waals surface area contributed by atoms with Gasteiger partial charge in [0, 0.05) is 12.8 Å². The molecule has 0 aliphatic carbocycles. The molecular formula is C24H26O5. The summed E-state index contributed by atoms with van der Waals surface area (Å²) >= 11 is 0. The van der Waals surface area contributed by atoms with Crippen molar-refractivity contribution in [1.29, 1.82) is 0 Å². The Labute approximate surface area is 170 Å². The molecular weight excluding hydrogens is 368 g/mol. The fourth-order valence-electron chi connectivity index (χ4n) is 3.96. The second-order valence-electron chi connectivity index (χ2n) is 8.52. The predicted molar refractivity (Wildman–Crippen MR) is 106 cm³/mol. The number of rotatable bonds is 10. The predicted octanol–water partition coefficient (Wildman–Crippen LogP) is 3.17. The van der Waals surface area contributed by atoms with E-state index in [9.17, 15) is 0 Å². The number of hydrogen-bond acceptors (Lipinski definition) is 5. The minimum atomic E-state index is -0.0741. The Bertz CT molecular complexity index is 761. The number of epoxide rings is 4. The van der Waals surface area contributed by atoms with E-state index >= 15 is 0 Å². The van der Waals surface area contributed by atoms with Crippen molar-refractivity contribution in [2.24, 2.45) is 0 Å². The summed E-state index contributed by atoms with van der Waals surface area (Å²) < 4.78 is 28.6. The van der Waals surface area contributed by atoms with Crippen LogP contribution < -0.4 is 0 Å². The van der Waals surface area contributed by atoms with E-state index in [0.29, 0.717) is 12.2 Å². The van der Waals surface area contributed by atoms with Crippen molar-refractivity contribution in [3.8, 4) is 0 Å². The van der Waals surface area contributed by atoms with Gasteiger partial charge in [0.15, 0.2) is 0 Å². The SMILES string of the molecule is c1cc(C(OC(c2ccc(CC3CO3)cc2)C2CO2)C2CO2)ccc1CC1CO1. The van der Waals surface area contributed by atoms with Gasteiger partial charge in [-0.3, -0.25) is 0 Å². The average Bonchev–Trinajstić information content (AvgIpc) is 3.54. The summed E-state index contributed by atoms with van der Waals surface area (Å²) in [6, 6.07) is 17.4. The van der Waals surface area contributed by atoms with Crippen LogP contribution in [0.3, 0.4) is 0 Å². The van der Waals surface area contributed by atoms with Crippen LogP contribution in [0.5, 0.6) is 0 Å². The lowest BCUT2D eigenvalue weighted by atomic mass is 10.00. The Hall–Kier alpha value is -1.76. The smallest absolute Gasteiger partial charge is 0.112 e. The van der Waals surface area contributed by atoms with Gasteiger partial charge < -0.3 is 23.7 Å². The van der Waals surface area contributed by atoms with Crippen LogP contribution in [-0.4, -0.2) is 50.8 Å². The minimum Gasteiger partial charge on any atom is -0.373 e. The Morgan fingerprint density at radius 1 is 0.621 bits per heavy atom. The van der Waals surface area contributed by atoms with Crippen molar-refractivity contribution >= 4 is 0 Å². The highest BCUT2D eigenvalue weighted by Gasteiger charge is 2.42. The highest BCUT2D eigenvalue weighted by atomic mass is 16.6. The van der Waals surface area contributed by atoms with E-state index in [1.54, 1.807) is 0 Å². The first-order valence-electron chi connectivity index (χ1n) is 10.6. The molecule has 29 heavy (non-hydrogen) atoms. The molecule has 152 valence electrons. The summed E-state index contributed by atoms with van der Waals surface area (Å²) in [7, 11) is 0. The minimum absolute atomic E-state index is 0.0741. The van der Waals surface area contributed by atoms with Gasteiger partial charge in [0.05, 0.1) is 38.6 Å². The Morgan fingerprint density at radius 3 is 1.31 bits per heavy atom. The molecule has 4 heterocycles. The van der Waals surface area contributed by atoms with Crippen molar-refractivity contribution in [1.82, 2.24) is 0 Å². The number of hydrogen-bond donors (Lipinski definition) is 0. The molecule has 6 atom stereocenters. The lowest BCUT2D eigenvalue weighted by Crippen LogP contribution is -2.19. The Morgan fingerprint density at radius 2 is 1.00 bits per heavy atom. The van der Waals surface area contributed by atoms with Gasteiger partial charge in [-0.25, -0.2) is 0 Å². The lowest BCUT2D eigenvalue weighted by molar-refractivity contribution is -0.0419. The van der Waals surface area contributed by atoms with E-state index in [0.717, 1.165) is 39.3 Å². The van der Waals surface area contributed by atoms with E-state index in [2.05, 4.69) is 48.5 Å². The summed E-state index contributed by atoms with van der Waals surface area (Å²) in [5.74, 6) is 0. The normalized spacial score (nSPS) is 31.2. The van der Waals surface area contributed by atoms with Gasteiger partial charge in [0.25, 0.3) is 0 Å². The molecule has 0 aromatic heterocycles. The van der Waals surface area contributed by atoms with Gasteiger partial charge in [-0.2, -0.15) is 0 Å². The molecule has 0 N–H and O–H groups in total. The average molecular weight is 394 g/mol. The molecule has 0 radical (unpaired) electrons. The highest BCUT2D eigenvalue weighted by molar-refractivity contribution is 5.29. The van der Waals surface area contributed by atoms with Crippen LogP contribution in [0.25, 0.3) is 0 Å². The zero-order valence-electron chi connectivity index (χ0n) is 16.4. The van der Waals surface area contributed by atoms with Gasteiger partial charge in [-0.15, -0.1) is 0 Å². The van der Waals surface area contributed by atoms with Gasteiger partial charge >= 0.3 is 0 Å². The first-order chi connectivity index (χ1) is 14.3. The highest BCUT2D eigenvalue weighted by Crippen LogP contribution is 2.40. The molecule has 5 nitrogen and oxygen atoms in total. The molecule has 6 rings (SSSR count). The van der Waals surface area contributed by atoms with Crippen molar-refractivity contribution in [3.63, 3.8) is 0 Å². The molecule has 2 aromatic carbocycles. The van der Waals surface area contributed by atoms with E-state index in [4.69, 9.17) is 23.7 Å². The van der Waals surface area contributed by atoms with E-state index < -0.39 is 0 Å². The maximum Gasteiger partial charge on any atom is 0.112 e. The first kappa shape index (κ1) is 18.0. The quantitative estimate of drug-likeness (QED) is 0.580. The van der Waals surface area contributed by atoms with E-state index in [1.807, 2.05) is 0 Å². The van der Waals surface area contributed by atoms with Crippen LogP contribution in [0.15, 0.2) is 48.5 Å². The van der Waals surface area contributed by atoms with Crippen LogP contribution in [0, 0.1) is 0 Å². The van der Waals surface area contributed by atoms with Gasteiger partial charge in [0.1, 0.15) is 24.4 Å². The van der Waals surface area contributed by atoms with Crippen molar-refractivity contribution in [3.05, 3.63) is 70.8 Å². The maximum absolute atomic E-state index is 6.64. The maximum atomic E-state index is 6.64. The van der Waals surface area contributed by atoms with Crippen molar-refractivity contribution in [2.45, 2.75) is 49.5 Å². The molecule has 5 heteroatoms. The third kappa shape index (κ3) is 4.55. The van der Waals surface area contributed by atoms with E-state index in [1.165, 1.54) is 22.3 Å². The van der Waals surface area contributed by atoms with Crippen LogP contribution in [0.4, 0.5) is 0 Å². The monoisotopic (exact) mass is 394 g/mol. The number of ether oxygens (including phenoxy) is 5. The zero-order chi connectivity index (χ0) is 19.2. The molecule has 6 unspecified atom stereocenters. The molecule has 0 amide bonds. The number of benzene rings is 2. The fraction of sp³-hybridized carbons (Fsp3) is 0.500. The van der Waals surface area contributed by atoms with Crippen LogP contribution in [0.1, 0.15) is 34.5 Å². The van der Waals surface area contributed by atoms with Gasteiger partial charge in [-0.05, 0) is 22.3 Å². The summed E-state index contributed by atoms with van der Waals surface area (Å²) in [5.41, 5.74) is 4.95. The van der Waals surface area contributed by atoms with Crippen molar-refractivity contribution in [2.75, 3.05) is 26.4 Å².